The number of nitrogens with zero attached hydrogens (tertiary/aromatic N) is 2. The molecule has 17 heavy (non-hydrogen) atoms. The first-order valence-corrected chi connectivity index (χ1v) is 6.29. The Bertz CT molecular complexity index is 546. The molecule has 1 atom stereocenters. The Morgan fingerprint density at radius 1 is 1.29 bits per heavy atom. The van der Waals surface area contributed by atoms with Crippen LogP contribution in [0.2, 0.25) is 0 Å². The number of hydrogen-bond donors (Lipinski definition) is 1. The Morgan fingerprint density at radius 3 is 2.53 bits per heavy atom. The van der Waals surface area contributed by atoms with Crippen LogP contribution in [0.15, 0.2) is 28.7 Å². The summed E-state index contributed by atoms with van der Waals surface area (Å²) >= 11 is 3.42. The van der Waals surface area contributed by atoms with Gasteiger partial charge in [-0.15, -0.1) is 0 Å². The third-order valence-electron chi connectivity index (χ3n) is 2.68. The SMILES string of the molecule is Cc1cc(C)n(-c2ccc(Br)cc2C(C)O)n1. The first-order chi connectivity index (χ1) is 7.99. The maximum Gasteiger partial charge on any atom is 0.0783 e. The zero-order valence-electron chi connectivity index (χ0n) is 10.1. The van der Waals surface area contributed by atoms with Crippen LogP contribution < -0.4 is 0 Å². The number of aryl methyl sites for hydroxylation is 2. The highest BCUT2D eigenvalue weighted by Crippen LogP contribution is 2.26. The molecule has 0 fully saturated rings. The molecule has 0 saturated carbocycles. The molecule has 0 amide bonds. The van der Waals surface area contributed by atoms with E-state index in [-0.39, 0.29) is 0 Å². The largest absolute Gasteiger partial charge is 0.389 e. The molecule has 2 rings (SSSR count). The van der Waals surface area contributed by atoms with Crippen LogP contribution in [-0.2, 0) is 0 Å². The van der Waals surface area contributed by atoms with Crippen LogP contribution in [0, 0.1) is 13.8 Å². The molecule has 1 aromatic heterocycles. The molecular weight excluding hydrogens is 280 g/mol. The van der Waals surface area contributed by atoms with Gasteiger partial charge in [-0.3, -0.25) is 0 Å². The van der Waals surface area contributed by atoms with Crippen LogP contribution in [0.4, 0.5) is 0 Å². The fraction of sp³-hybridized carbons (Fsp3) is 0.308. The normalized spacial score (nSPS) is 12.8. The lowest BCUT2D eigenvalue weighted by Crippen LogP contribution is -2.05. The molecule has 3 nitrogen and oxygen atoms in total. The van der Waals surface area contributed by atoms with Crippen molar-refractivity contribution in [2.45, 2.75) is 26.9 Å². The fourth-order valence-electron chi connectivity index (χ4n) is 1.93. The minimum Gasteiger partial charge on any atom is -0.389 e. The Kier molecular flexibility index (Phi) is 3.35. The Hall–Kier alpha value is -1.13. The molecule has 0 bridgehead atoms. The van der Waals surface area contributed by atoms with E-state index in [1.54, 1.807) is 6.92 Å². The van der Waals surface area contributed by atoms with Crippen molar-refractivity contribution in [1.82, 2.24) is 9.78 Å². The molecule has 1 unspecified atom stereocenters. The van der Waals surface area contributed by atoms with Gasteiger partial charge in [0.25, 0.3) is 0 Å². The van der Waals surface area contributed by atoms with Crippen molar-refractivity contribution in [3.05, 3.63) is 45.7 Å². The van der Waals surface area contributed by atoms with Crippen molar-refractivity contribution >= 4 is 15.9 Å². The van der Waals surface area contributed by atoms with Gasteiger partial charge >= 0.3 is 0 Å². The number of hydrogen-bond acceptors (Lipinski definition) is 2. The lowest BCUT2D eigenvalue weighted by atomic mass is 10.1. The molecule has 0 aliphatic heterocycles. The minimum atomic E-state index is -0.522. The van der Waals surface area contributed by atoms with E-state index in [9.17, 15) is 5.11 Å². The van der Waals surface area contributed by atoms with Gasteiger partial charge in [0.05, 0.1) is 17.5 Å². The molecule has 0 spiro atoms. The van der Waals surface area contributed by atoms with Crippen LogP contribution in [0.5, 0.6) is 0 Å². The number of halogens is 1. The monoisotopic (exact) mass is 294 g/mol. The van der Waals surface area contributed by atoms with Crippen LogP contribution in [0.25, 0.3) is 5.69 Å². The van der Waals surface area contributed by atoms with Crippen molar-refractivity contribution in [3.63, 3.8) is 0 Å². The van der Waals surface area contributed by atoms with Gasteiger partial charge in [-0.1, -0.05) is 15.9 Å². The fourth-order valence-corrected chi connectivity index (χ4v) is 2.30. The van der Waals surface area contributed by atoms with Gasteiger partial charge in [0.1, 0.15) is 0 Å². The zero-order valence-corrected chi connectivity index (χ0v) is 11.7. The summed E-state index contributed by atoms with van der Waals surface area (Å²) in [6.45, 7) is 5.73. The van der Waals surface area contributed by atoms with Gasteiger partial charge < -0.3 is 5.11 Å². The van der Waals surface area contributed by atoms with E-state index in [1.807, 2.05) is 42.8 Å². The number of aromatic nitrogens is 2. The second-order valence-electron chi connectivity index (χ2n) is 4.22. The molecule has 0 aliphatic carbocycles. The molecule has 0 saturated heterocycles. The molecule has 0 aliphatic rings. The molecule has 1 N–H and O–H groups in total. The maximum atomic E-state index is 9.83. The van der Waals surface area contributed by atoms with Gasteiger partial charge in [-0.25, -0.2) is 4.68 Å². The molecule has 4 heteroatoms. The second-order valence-corrected chi connectivity index (χ2v) is 5.13. The molecule has 2 aromatic rings. The van der Waals surface area contributed by atoms with Gasteiger partial charge in [0.2, 0.25) is 0 Å². The van der Waals surface area contributed by atoms with Crippen LogP contribution in [0.1, 0.15) is 30.0 Å². The predicted octanol–water partition coefficient (Wildman–Crippen LogP) is 3.30. The van der Waals surface area contributed by atoms with Crippen LogP contribution >= 0.6 is 15.9 Å². The van der Waals surface area contributed by atoms with Gasteiger partial charge in [0.15, 0.2) is 0 Å². The average Bonchev–Trinajstić information content (AvgIpc) is 2.57. The second kappa shape index (κ2) is 4.63. The average molecular weight is 295 g/mol. The van der Waals surface area contributed by atoms with Crippen molar-refractivity contribution in [2.24, 2.45) is 0 Å². The van der Waals surface area contributed by atoms with E-state index in [0.717, 1.165) is 27.1 Å². The van der Waals surface area contributed by atoms with Crippen LogP contribution in [-0.4, -0.2) is 14.9 Å². The summed E-state index contributed by atoms with van der Waals surface area (Å²) < 4.78 is 2.82. The van der Waals surface area contributed by atoms with E-state index in [4.69, 9.17) is 0 Å². The molecule has 1 heterocycles. The third kappa shape index (κ3) is 2.42. The highest BCUT2D eigenvalue weighted by Gasteiger charge is 2.12. The summed E-state index contributed by atoms with van der Waals surface area (Å²) in [5.41, 5.74) is 3.83. The summed E-state index contributed by atoms with van der Waals surface area (Å²) in [5.74, 6) is 0. The summed E-state index contributed by atoms with van der Waals surface area (Å²) in [7, 11) is 0. The van der Waals surface area contributed by atoms with Gasteiger partial charge in [-0.05, 0) is 45.0 Å². The Morgan fingerprint density at radius 2 is 2.00 bits per heavy atom. The van der Waals surface area contributed by atoms with Gasteiger partial charge in [0, 0.05) is 15.7 Å². The standard InChI is InChI=1S/C13H15BrN2O/c1-8-6-9(2)16(15-8)13-5-4-11(14)7-12(13)10(3)17/h4-7,10,17H,1-3H3. The molecule has 90 valence electrons. The number of benzene rings is 1. The lowest BCUT2D eigenvalue weighted by molar-refractivity contribution is 0.199. The molecule has 1 aromatic carbocycles. The zero-order chi connectivity index (χ0) is 12.6. The first kappa shape index (κ1) is 12.3. The van der Waals surface area contributed by atoms with Crippen molar-refractivity contribution in [2.75, 3.05) is 0 Å². The first-order valence-electron chi connectivity index (χ1n) is 5.50. The highest BCUT2D eigenvalue weighted by atomic mass is 79.9. The summed E-state index contributed by atoms with van der Waals surface area (Å²) in [6.07, 6.45) is -0.522. The predicted molar refractivity (Wildman–Crippen MR) is 71.4 cm³/mol. The lowest BCUT2D eigenvalue weighted by Gasteiger charge is -2.13. The molecular formula is C13H15BrN2O. The van der Waals surface area contributed by atoms with Crippen molar-refractivity contribution in [3.8, 4) is 5.69 Å². The quantitative estimate of drug-likeness (QED) is 0.923. The smallest absolute Gasteiger partial charge is 0.0783 e. The van der Waals surface area contributed by atoms with Crippen LogP contribution in [0.3, 0.4) is 0 Å². The number of aliphatic hydroxyl groups is 1. The summed E-state index contributed by atoms with van der Waals surface area (Å²) in [5, 5.41) is 14.3. The Labute approximate surface area is 109 Å². The number of aliphatic hydroxyl groups excluding tert-OH is 1. The topological polar surface area (TPSA) is 38.0 Å². The van der Waals surface area contributed by atoms with E-state index < -0.39 is 6.10 Å². The molecule has 0 radical (unpaired) electrons. The summed E-state index contributed by atoms with van der Waals surface area (Å²) in [4.78, 5) is 0. The van der Waals surface area contributed by atoms with Crippen molar-refractivity contribution in [1.29, 1.82) is 0 Å². The van der Waals surface area contributed by atoms with E-state index in [1.165, 1.54) is 0 Å². The number of rotatable bonds is 2. The Balaban J connectivity index is 2.62. The maximum absolute atomic E-state index is 9.83. The minimum absolute atomic E-state index is 0.522. The summed E-state index contributed by atoms with van der Waals surface area (Å²) in [6, 6.07) is 7.87. The highest BCUT2D eigenvalue weighted by molar-refractivity contribution is 9.10. The van der Waals surface area contributed by atoms with E-state index >= 15 is 0 Å². The van der Waals surface area contributed by atoms with Gasteiger partial charge in [-0.2, -0.15) is 5.10 Å². The van der Waals surface area contributed by atoms with E-state index in [2.05, 4.69) is 21.0 Å². The third-order valence-corrected chi connectivity index (χ3v) is 3.17. The van der Waals surface area contributed by atoms with E-state index in [0.29, 0.717) is 0 Å². The van der Waals surface area contributed by atoms with Crippen molar-refractivity contribution < 1.29 is 5.11 Å².